The molecule has 3 aromatic carbocycles. The van der Waals surface area contributed by atoms with Crippen LogP contribution in [0.3, 0.4) is 0 Å². The molecule has 2 aliphatic heterocycles. The van der Waals surface area contributed by atoms with Gasteiger partial charge in [0.2, 0.25) is 17.6 Å². The Hall–Kier alpha value is -5.04. The van der Waals surface area contributed by atoms with E-state index in [0.29, 0.717) is 63.2 Å². The maximum absolute atomic E-state index is 14.7. The van der Waals surface area contributed by atoms with Gasteiger partial charge in [-0.2, -0.15) is 4.39 Å². The molecular formula is C40H45F3N4O6. The van der Waals surface area contributed by atoms with Crippen LogP contribution < -0.4 is 25.3 Å². The number of carbonyl (C=O) groups excluding carboxylic acids is 3. The first-order valence-electron chi connectivity index (χ1n) is 18.1. The van der Waals surface area contributed by atoms with Crippen LogP contribution in [0.4, 0.5) is 13.2 Å². The zero-order valence-corrected chi connectivity index (χ0v) is 29.8. The van der Waals surface area contributed by atoms with Gasteiger partial charge in [-0.15, -0.1) is 0 Å². The van der Waals surface area contributed by atoms with E-state index in [1.54, 1.807) is 12.0 Å². The van der Waals surface area contributed by atoms with Crippen molar-refractivity contribution in [3.05, 3.63) is 94.8 Å². The summed E-state index contributed by atoms with van der Waals surface area (Å²) in [5.41, 5.74) is 8.71. The van der Waals surface area contributed by atoms with Gasteiger partial charge in [0.05, 0.1) is 26.3 Å². The average Bonchev–Trinajstić information content (AvgIpc) is 4.00. The number of aryl methyl sites for hydroxylation is 1. The van der Waals surface area contributed by atoms with E-state index in [0.717, 1.165) is 47.4 Å². The molecule has 2 unspecified atom stereocenters. The number of carbonyl (C=O) groups is 3. The summed E-state index contributed by atoms with van der Waals surface area (Å²) in [6.07, 6.45) is 4.04. The second kappa shape index (κ2) is 17.2. The van der Waals surface area contributed by atoms with Crippen LogP contribution >= 0.6 is 0 Å². The zero-order valence-electron chi connectivity index (χ0n) is 29.8. The quantitative estimate of drug-likeness (QED) is 0.145. The topological polar surface area (TPSA) is 123 Å². The molecule has 3 aromatic rings. The second-order valence-corrected chi connectivity index (χ2v) is 13.7. The minimum absolute atomic E-state index is 0.00515. The van der Waals surface area contributed by atoms with Crippen molar-refractivity contribution in [2.75, 3.05) is 40.0 Å². The van der Waals surface area contributed by atoms with E-state index < -0.39 is 35.2 Å². The predicted molar refractivity (Wildman–Crippen MR) is 192 cm³/mol. The fraction of sp³-hybridized carbons (Fsp3) is 0.425. The lowest BCUT2D eigenvalue weighted by Crippen LogP contribution is -2.62. The van der Waals surface area contributed by atoms with Crippen LogP contribution in [0.2, 0.25) is 0 Å². The molecule has 6 rings (SSSR count). The molecule has 2 heterocycles. The number of primary amides is 1. The monoisotopic (exact) mass is 734 g/mol. The van der Waals surface area contributed by atoms with Crippen LogP contribution in [0.1, 0.15) is 56.1 Å². The molecule has 2 bridgehead atoms. The van der Waals surface area contributed by atoms with Crippen molar-refractivity contribution in [2.45, 2.75) is 69.5 Å². The summed E-state index contributed by atoms with van der Waals surface area (Å²) >= 11 is 0. The van der Waals surface area contributed by atoms with Gasteiger partial charge in [-0.05, 0) is 91.6 Å². The molecule has 10 nitrogen and oxygen atoms in total. The molecule has 1 saturated carbocycles. The summed E-state index contributed by atoms with van der Waals surface area (Å²) in [5.74, 6) is -3.40. The van der Waals surface area contributed by atoms with E-state index in [1.807, 2.05) is 53.4 Å². The van der Waals surface area contributed by atoms with Crippen LogP contribution in [0.5, 0.6) is 17.2 Å². The Labute approximate surface area is 307 Å². The summed E-state index contributed by atoms with van der Waals surface area (Å²) in [6.45, 7) is 1.49. The number of benzene rings is 3. The minimum atomic E-state index is -1.35. The normalized spacial score (nSPS) is 18.1. The van der Waals surface area contributed by atoms with Crippen molar-refractivity contribution in [3.63, 3.8) is 0 Å². The van der Waals surface area contributed by atoms with E-state index in [-0.39, 0.29) is 43.3 Å². The molecule has 53 heavy (non-hydrogen) atoms. The number of hydrogen-bond donors (Lipinski definition) is 2. The zero-order chi connectivity index (χ0) is 37.5. The molecule has 13 heteroatoms. The van der Waals surface area contributed by atoms with Gasteiger partial charge < -0.3 is 35.1 Å². The first kappa shape index (κ1) is 37.7. The van der Waals surface area contributed by atoms with Crippen molar-refractivity contribution >= 4 is 23.3 Å². The third-order valence-corrected chi connectivity index (χ3v) is 9.87. The van der Waals surface area contributed by atoms with Gasteiger partial charge in [0.1, 0.15) is 18.1 Å². The molecule has 282 valence electrons. The van der Waals surface area contributed by atoms with Crippen molar-refractivity contribution in [2.24, 2.45) is 5.73 Å². The fourth-order valence-corrected chi connectivity index (χ4v) is 7.03. The standard InChI is InChI=1S/C40H45F3N4O6/c1-51-29-13-15-30(16-14-29)52-21-19-47(28-11-12-28)40(50)37-31(22-27-23-46(24-34(37)45-27)36(49)6-2-5-35(44)48)26-9-7-25(8-10-26)4-3-20-53-39-33(42)18-17-32(41)38(39)43/h7-10,13-18,27-28,34,45H,2-6,11-12,19-24H2,1H3,(H2,44,48). The van der Waals surface area contributed by atoms with Crippen molar-refractivity contribution in [3.8, 4) is 17.2 Å². The highest BCUT2D eigenvalue weighted by Crippen LogP contribution is 2.37. The molecular weight excluding hydrogens is 689 g/mol. The first-order chi connectivity index (χ1) is 25.6. The molecule has 0 aromatic heterocycles. The van der Waals surface area contributed by atoms with Gasteiger partial charge in [0.25, 0.3) is 5.91 Å². The minimum Gasteiger partial charge on any atom is -0.497 e. The number of nitrogens with two attached hydrogens (primary N) is 1. The van der Waals surface area contributed by atoms with E-state index in [1.165, 1.54) is 0 Å². The number of halogens is 3. The summed E-state index contributed by atoms with van der Waals surface area (Å²) < 4.78 is 57.9. The van der Waals surface area contributed by atoms with Crippen LogP contribution in [-0.4, -0.2) is 85.6 Å². The fourth-order valence-electron chi connectivity index (χ4n) is 7.03. The molecule has 1 aliphatic carbocycles. The smallest absolute Gasteiger partial charge is 0.252 e. The lowest BCUT2D eigenvalue weighted by Gasteiger charge is -2.45. The number of nitrogens with one attached hydrogen (secondary N) is 1. The molecule has 2 fully saturated rings. The van der Waals surface area contributed by atoms with Gasteiger partial charge in [-0.1, -0.05) is 24.3 Å². The van der Waals surface area contributed by atoms with Gasteiger partial charge in [-0.3, -0.25) is 14.4 Å². The Morgan fingerprint density at radius 2 is 1.58 bits per heavy atom. The molecule has 0 radical (unpaired) electrons. The number of ether oxygens (including phenoxy) is 3. The van der Waals surface area contributed by atoms with Crippen LogP contribution in [0.25, 0.3) is 5.57 Å². The molecule has 3 N–H and O–H groups in total. The Morgan fingerprint density at radius 3 is 2.28 bits per heavy atom. The number of methoxy groups -OCH3 is 1. The molecule has 0 spiro atoms. The Bertz CT molecular complexity index is 1820. The van der Waals surface area contributed by atoms with Gasteiger partial charge in [0.15, 0.2) is 17.4 Å². The largest absolute Gasteiger partial charge is 0.497 e. The Kier molecular flexibility index (Phi) is 12.2. The van der Waals surface area contributed by atoms with Crippen LogP contribution in [0.15, 0.2) is 66.2 Å². The Morgan fingerprint density at radius 1 is 0.868 bits per heavy atom. The maximum Gasteiger partial charge on any atom is 0.252 e. The van der Waals surface area contributed by atoms with Gasteiger partial charge in [0, 0.05) is 43.6 Å². The number of fused-ring (bicyclic) bond motifs is 2. The molecule has 3 amide bonds. The maximum atomic E-state index is 14.7. The third-order valence-electron chi connectivity index (χ3n) is 9.87. The second-order valence-electron chi connectivity index (χ2n) is 13.7. The SMILES string of the molecule is COc1ccc(OCCN(C(=O)C2=C(c3ccc(CCCOc4c(F)ccc(F)c4F)cc3)CC3CN(C(=O)CCCC(N)=O)CC2N3)C2CC2)cc1. The third kappa shape index (κ3) is 9.50. The summed E-state index contributed by atoms with van der Waals surface area (Å²) in [5, 5.41) is 3.61. The van der Waals surface area contributed by atoms with Gasteiger partial charge in [-0.25, -0.2) is 8.78 Å². The highest BCUT2D eigenvalue weighted by molar-refractivity contribution is 6.03. The summed E-state index contributed by atoms with van der Waals surface area (Å²) in [4.78, 5) is 42.8. The van der Waals surface area contributed by atoms with E-state index in [2.05, 4.69) is 5.32 Å². The Balaban J connectivity index is 1.19. The molecule has 1 saturated heterocycles. The van der Waals surface area contributed by atoms with Crippen LogP contribution in [-0.2, 0) is 20.8 Å². The predicted octanol–water partition coefficient (Wildman–Crippen LogP) is 5.18. The highest BCUT2D eigenvalue weighted by atomic mass is 19.2. The van der Waals surface area contributed by atoms with Crippen molar-refractivity contribution in [1.29, 1.82) is 0 Å². The lowest BCUT2D eigenvalue weighted by atomic mass is 9.82. The molecule has 3 aliphatic rings. The number of nitrogens with zero attached hydrogens (tertiary/aromatic N) is 2. The van der Waals surface area contributed by atoms with Gasteiger partial charge >= 0.3 is 0 Å². The van der Waals surface area contributed by atoms with Crippen molar-refractivity contribution < 1.29 is 41.8 Å². The summed E-state index contributed by atoms with van der Waals surface area (Å²) in [6, 6.07) is 16.3. The van der Waals surface area contributed by atoms with E-state index in [4.69, 9.17) is 19.9 Å². The number of hydrogen-bond acceptors (Lipinski definition) is 7. The number of rotatable bonds is 17. The first-order valence-corrected chi connectivity index (χ1v) is 18.1. The highest BCUT2D eigenvalue weighted by Gasteiger charge is 2.43. The average molecular weight is 735 g/mol. The number of piperazine rings is 1. The lowest BCUT2D eigenvalue weighted by molar-refractivity contribution is -0.134. The number of amides is 3. The summed E-state index contributed by atoms with van der Waals surface area (Å²) in [7, 11) is 1.60. The van der Waals surface area contributed by atoms with Crippen LogP contribution in [0, 0.1) is 17.5 Å². The van der Waals surface area contributed by atoms with E-state index in [9.17, 15) is 27.6 Å². The molecule has 2 atom stereocenters. The van der Waals surface area contributed by atoms with E-state index >= 15 is 0 Å². The van der Waals surface area contributed by atoms with Crippen molar-refractivity contribution in [1.82, 2.24) is 15.1 Å².